The minimum absolute atomic E-state index is 0.0255. The van der Waals surface area contributed by atoms with E-state index >= 15 is 0 Å². The standard InChI is InChI=1S/C24H29N3O2/c1-17-7-9-18(10-8-17)22(19-11-12-19)26-23(28)20-13-15-27(16-14-20)24(29)25-21-5-3-2-4-6-21/h2-10,19-20,22H,11-16H2,1H3,(H,25,29)(H,26,28). The third-order valence-corrected chi connectivity index (χ3v) is 6.01. The van der Waals surface area contributed by atoms with E-state index in [4.69, 9.17) is 0 Å². The van der Waals surface area contributed by atoms with Crippen LogP contribution >= 0.6 is 0 Å². The van der Waals surface area contributed by atoms with Crippen molar-refractivity contribution in [3.05, 3.63) is 65.7 Å². The van der Waals surface area contributed by atoms with E-state index in [0.29, 0.717) is 31.8 Å². The lowest BCUT2D eigenvalue weighted by molar-refractivity contribution is -0.127. The molecule has 0 bridgehead atoms. The van der Waals surface area contributed by atoms with Crippen LogP contribution in [0.4, 0.5) is 10.5 Å². The van der Waals surface area contributed by atoms with Crippen LogP contribution in [0.1, 0.15) is 42.9 Å². The number of amides is 3. The zero-order valence-corrected chi connectivity index (χ0v) is 16.9. The van der Waals surface area contributed by atoms with Crippen molar-refractivity contribution in [1.29, 1.82) is 0 Å². The Morgan fingerprint density at radius 2 is 1.59 bits per heavy atom. The number of carbonyl (C=O) groups is 2. The highest BCUT2D eigenvalue weighted by Gasteiger charge is 2.35. The van der Waals surface area contributed by atoms with Gasteiger partial charge in [0.2, 0.25) is 5.91 Å². The van der Waals surface area contributed by atoms with E-state index < -0.39 is 0 Å². The molecule has 2 aromatic carbocycles. The summed E-state index contributed by atoms with van der Waals surface area (Å²) < 4.78 is 0. The van der Waals surface area contributed by atoms with Gasteiger partial charge in [0, 0.05) is 24.7 Å². The molecule has 152 valence electrons. The van der Waals surface area contributed by atoms with Crippen molar-refractivity contribution in [3.8, 4) is 0 Å². The number of nitrogens with zero attached hydrogens (tertiary/aromatic N) is 1. The Kier molecular flexibility index (Phi) is 5.84. The molecule has 1 heterocycles. The molecule has 0 spiro atoms. The van der Waals surface area contributed by atoms with Gasteiger partial charge in [-0.1, -0.05) is 48.0 Å². The molecule has 1 atom stereocenters. The number of benzene rings is 2. The van der Waals surface area contributed by atoms with Gasteiger partial charge in [0.1, 0.15) is 0 Å². The highest BCUT2D eigenvalue weighted by atomic mass is 16.2. The van der Waals surface area contributed by atoms with Gasteiger partial charge >= 0.3 is 6.03 Å². The predicted molar refractivity (Wildman–Crippen MR) is 115 cm³/mol. The molecule has 29 heavy (non-hydrogen) atoms. The molecule has 1 aliphatic heterocycles. The second kappa shape index (κ2) is 8.68. The molecule has 2 aliphatic rings. The van der Waals surface area contributed by atoms with Crippen LogP contribution in [0.25, 0.3) is 0 Å². The topological polar surface area (TPSA) is 61.4 Å². The number of carbonyl (C=O) groups excluding carboxylic acids is 2. The molecule has 2 fully saturated rings. The fourth-order valence-electron chi connectivity index (χ4n) is 4.02. The van der Waals surface area contributed by atoms with Crippen LogP contribution in [0, 0.1) is 18.8 Å². The predicted octanol–water partition coefficient (Wildman–Crippen LogP) is 4.51. The van der Waals surface area contributed by atoms with Crippen molar-refractivity contribution < 1.29 is 9.59 Å². The van der Waals surface area contributed by atoms with Gasteiger partial charge in [-0.2, -0.15) is 0 Å². The summed E-state index contributed by atoms with van der Waals surface area (Å²) in [6, 6.07) is 18.0. The summed E-state index contributed by atoms with van der Waals surface area (Å²) >= 11 is 0. The van der Waals surface area contributed by atoms with Gasteiger partial charge in [-0.05, 0) is 56.2 Å². The second-order valence-electron chi connectivity index (χ2n) is 8.29. The first-order valence-corrected chi connectivity index (χ1v) is 10.6. The summed E-state index contributed by atoms with van der Waals surface area (Å²) in [7, 11) is 0. The van der Waals surface area contributed by atoms with Crippen molar-refractivity contribution in [2.45, 2.75) is 38.6 Å². The molecule has 1 saturated carbocycles. The summed E-state index contributed by atoms with van der Waals surface area (Å²) in [6.07, 6.45) is 3.77. The molecule has 3 amide bonds. The summed E-state index contributed by atoms with van der Waals surface area (Å²) in [5.74, 6) is 0.659. The third kappa shape index (κ3) is 4.97. The van der Waals surface area contributed by atoms with Crippen LogP contribution in [-0.4, -0.2) is 29.9 Å². The van der Waals surface area contributed by atoms with Crippen molar-refractivity contribution in [2.24, 2.45) is 11.8 Å². The van der Waals surface area contributed by atoms with E-state index in [2.05, 4.69) is 41.8 Å². The Hall–Kier alpha value is -2.82. The maximum Gasteiger partial charge on any atom is 0.321 e. The number of nitrogens with one attached hydrogen (secondary N) is 2. The summed E-state index contributed by atoms with van der Waals surface area (Å²) in [5.41, 5.74) is 3.23. The number of piperidine rings is 1. The van der Waals surface area contributed by atoms with Crippen LogP contribution in [-0.2, 0) is 4.79 Å². The molecule has 1 saturated heterocycles. The number of para-hydroxylation sites is 1. The number of aryl methyl sites for hydroxylation is 1. The molecule has 5 heteroatoms. The largest absolute Gasteiger partial charge is 0.349 e. The monoisotopic (exact) mass is 391 g/mol. The Labute approximate surface area is 172 Å². The number of hydrogen-bond donors (Lipinski definition) is 2. The quantitative estimate of drug-likeness (QED) is 0.788. The van der Waals surface area contributed by atoms with Gasteiger partial charge in [0.25, 0.3) is 0 Å². The average Bonchev–Trinajstić information content (AvgIpc) is 3.59. The molecule has 1 unspecified atom stereocenters. The zero-order chi connectivity index (χ0) is 20.2. The molecular formula is C24H29N3O2. The minimum atomic E-state index is -0.0921. The van der Waals surface area contributed by atoms with Crippen LogP contribution < -0.4 is 10.6 Å². The number of likely N-dealkylation sites (tertiary alicyclic amines) is 1. The maximum absolute atomic E-state index is 12.9. The highest BCUT2D eigenvalue weighted by Crippen LogP contribution is 2.41. The molecule has 0 radical (unpaired) electrons. The Morgan fingerprint density at radius 1 is 0.931 bits per heavy atom. The first kappa shape index (κ1) is 19.5. The smallest absolute Gasteiger partial charge is 0.321 e. The van der Waals surface area contributed by atoms with Gasteiger partial charge in [0.15, 0.2) is 0 Å². The van der Waals surface area contributed by atoms with E-state index in [1.165, 1.54) is 24.0 Å². The lowest BCUT2D eigenvalue weighted by Gasteiger charge is -2.32. The summed E-state index contributed by atoms with van der Waals surface area (Å²) in [4.78, 5) is 27.2. The van der Waals surface area contributed by atoms with Crippen LogP contribution in [0.15, 0.2) is 54.6 Å². The lowest BCUT2D eigenvalue weighted by Crippen LogP contribution is -2.45. The van der Waals surface area contributed by atoms with Gasteiger partial charge < -0.3 is 15.5 Å². The van der Waals surface area contributed by atoms with E-state index in [1.54, 1.807) is 4.90 Å². The van der Waals surface area contributed by atoms with Crippen molar-refractivity contribution in [1.82, 2.24) is 10.2 Å². The Balaban J connectivity index is 1.30. The summed E-state index contributed by atoms with van der Waals surface area (Å²) in [5, 5.41) is 6.23. The molecule has 5 nitrogen and oxygen atoms in total. The summed E-state index contributed by atoms with van der Waals surface area (Å²) in [6.45, 7) is 3.29. The minimum Gasteiger partial charge on any atom is -0.349 e. The molecule has 0 aromatic heterocycles. The first-order chi connectivity index (χ1) is 14.1. The molecule has 2 aromatic rings. The second-order valence-corrected chi connectivity index (χ2v) is 8.29. The highest BCUT2D eigenvalue weighted by molar-refractivity contribution is 5.89. The molecule has 2 N–H and O–H groups in total. The number of urea groups is 1. The average molecular weight is 392 g/mol. The molecular weight excluding hydrogens is 362 g/mol. The normalized spacial score (nSPS) is 18.2. The van der Waals surface area contributed by atoms with Gasteiger partial charge in [-0.15, -0.1) is 0 Å². The first-order valence-electron chi connectivity index (χ1n) is 10.6. The third-order valence-electron chi connectivity index (χ3n) is 6.01. The molecule has 4 rings (SSSR count). The lowest BCUT2D eigenvalue weighted by atomic mass is 9.94. The Bertz CT molecular complexity index is 838. The SMILES string of the molecule is Cc1ccc(C(NC(=O)C2CCN(C(=O)Nc3ccccc3)CC2)C2CC2)cc1. The number of anilines is 1. The fraction of sp³-hybridized carbons (Fsp3) is 0.417. The maximum atomic E-state index is 12.9. The van der Waals surface area contributed by atoms with Gasteiger partial charge in [-0.25, -0.2) is 4.79 Å². The van der Waals surface area contributed by atoms with Crippen molar-refractivity contribution in [2.75, 3.05) is 18.4 Å². The number of hydrogen-bond acceptors (Lipinski definition) is 2. The molecule has 1 aliphatic carbocycles. The van der Waals surface area contributed by atoms with E-state index in [9.17, 15) is 9.59 Å². The van der Waals surface area contributed by atoms with Gasteiger partial charge in [-0.3, -0.25) is 4.79 Å². The van der Waals surface area contributed by atoms with E-state index in [1.807, 2.05) is 30.3 Å². The van der Waals surface area contributed by atoms with Crippen LogP contribution in [0.3, 0.4) is 0 Å². The zero-order valence-electron chi connectivity index (χ0n) is 16.9. The van der Waals surface area contributed by atoms with Crippen LogP contribution in [0.5, 0.6) is 0 Å². The fourth-order valence-corrected chi connectivity index (χ4v) is 4.02. The van der Waals surface area contributed by atoms with Crippen LogP contribution in [0.2, 0.25) is 0 Å². The van der Waals surface area contributed by atoms with Crippen molar-refractivity contribution in [3.63, 3.8) is 0 Å². The number of rotatable bonds is 5. The Morgan fingerprint density at radius 3 is 2.21 bits per heavy atom. The van der Waals surface area contributed by atoms with E-state index in [0.717, 1.165) is 5.69 Å². The van der Waals surface area contributed by atoms with Gasteiger partial charge in [0.05, 0.1) is 6.04 Å². The van der Waals surface area contributed by atoms with Crippen molar-refractivity contribution >= 4 is 17.6 Å². The van der Waals surface area contributed by atoms with E-state index in [-0.39, 0.29) is 23.9 Å².